The number of aliphatic hydroxyl groups excluding tert-OH is 1. The molecule has 2 aromatic carbocycles. The summed E-state index contributed by atoms with van der Waals surface area (Å²) < 4.78 is 10.9. The number of aryl methyl sites for hydroxylation is 1. The van der Waals surface area contributed by atoms with Crippen molar-refractivity contribution in [1.82, 2.24) is 15.5 Å². The van der Waals surface area contributed by atoms with Crippen LogP contribution in [0.1, 0.15) is 71.4 Å². The molecule has 0 radical (unpaired) electrons. The second-order valence-electron chi connectivity index (χ2n) is 12.7. The predicted molar refractivity (Wildman–Crippen MR) is 166 cm³/mol. The van der Waals surface area contributed by atoms with Gasteiger partial charge in [0.25, 0.3) is 5.91 Å². The molecule has 240 valence electrons. The van der Waals surface area contributed by atoms with Crippen molar-refractivity contribution in [3.05, 3.63) is 71.8 Å². The van der Waals surface area contributed by atoms with Gasteiger partial charge in [0.2, 0.25) is 5.91 Å². The minimum Gasteiger partial charge on any atom is -0.458 e. The first-order valence-corrected chi connectivity index (χ1v) is 15.4. The van der Waals surface area contributed by atoms with Crippen LogP contribution in [-0.2, 0) is 36.9 Å². The first-order chi connectivity index (χ1) is 20.8. The van der Waals surface area contributed by atoms with Crippen LogP contribution in [0.2, 0.25) is 0 Å². The number of amides is 3. The molecule has 1 heterocycles. The molecule has 3 N–H and O–H groups in total. The zero-order valence-electron chi connectivity index (χ0n) is 26.5. The topological polar surface area (TPSA) is 134 Å². The fraction of sp³-hybridized carbons (Fsp3) is 0.529. The van der Waals surface area contributed by atoms with E-state index in [9.17, 15) is 24.3 Å². The van der Waals surface area contributed by atoms with Crippen molar-refractivity contribution in [3.63, 3.8) is 0 Å². The minimum atomic E-state index is -1.57. The number of hydrogen-bond acceptors (Lipinski definition) is 7. The Morgan fingerprint density at radius 3 is 2.14 bits per heavy atom. The predicted octanol–water partition coefficient (Wildman–Crippen LogP) is 4.14. The molecule has 1 fully saturated rings. The molecule has 3 amide bonds. The number of likely N-dealkylation sites (tertiary alicyclic amines) is 1. The van der Waals surface area contributed by atoms with E-state index in [4.69, 9.17) is 9.47 Å². The van der Waals surface area contributed by atoms with Crippen molar-refractivity contribution in [2.24, 2.45) is 5.92 Å². The van der Waals surface area contributed by atoms with Gasteiger partial charge in [0.15, 0.2) is 6.10 Å². The van der Waals surface area contributed by atoms with E-state index < -0.39 is 53.7 Å². The van der Waals surface area contributed by atoms with E-state index in [1.807, 2.05) is 74.5 Å². The van der Waals surface area contributed by atoms with Crippen molar-refractivity contribution in [2.45, 2.75) is 103 Å². The molecule has 0 bridgehead atoms. The molecular formula is C34H47N3O7. The number of rotatable bonds is 13. The summed E-state index contributed by atoms with van der Waals surface area (Å²) in [7, 11) is 0. The molecule has 1 saturated heterocycles. The maximum Gasteiger partial charge on any atom is 0.408 e. The Morgan fingerprint density at radius 2 is 1.55 bits per heavy atom. The molecule has 3 rings (SSSR count). The van der Waals surface area contributed by atoms with Crippen LogP contribution in [0.15, 0.2) is 60.7 Å². The maximum absolute atomic E-state index is 13.9. The Kier molecular flexibility index (Phi) is 12.8. The molecule has 4 atom stereocenters. The summed E-state index contributed by atoms with van der Waals surface area (Å²) in [5, 5.41) is 16.5. The number of alkyl carbamates (subject to hydrolysis) is 1. The number of benzene rings is 2. The van der Waals surface area contributed by atoms with Crippen LogP contribution >= 0.6 is 0 Å². The van der Waals surface area contributed by atoms with Crippen molar-refractivity contribution in [3.8, 4) is 0 Å². The summed E-state index contributed by atoms with van der Waals surface area (Å²) in [4.78, 5) is 54.2. The Morgan fingerprint density at radius 1 is 0.932 bits per heavy atom. The first kappa shape index (κ1) is 34.6. The fourth-order valence-corrected chi connectivity index (χ4v) is 5.20. The number of aliphatic hydroxyl groups is 1. The smallest absolute Gasteiger partial charge is 0.408 e. The minimum absolute atomic E-state index is 0.0483. The summed E-state index contributed by atoms with van der Waals surface area (Å²) in [6.07, 6.45) is -0.190. The van der Waals surface area contributed by atoms with E-state index in [0.29, 0.717) is 38.6 Å². The third-order valence-corrected chi connectivity index (χ3v) is 7.30. The van der Waals surface area contributed by atoms with Gasteiger partial charge in [-0.2, -0.15) is 0 Å². The molecule has 10 nitrogen and oxygen atoms in total. The van der Waals surface area contributed by atoms with Crippen LogP contribution in [-0.4, -0.2) is 70.3 Å². The first-order valence-electron chi connectivity index (χ1n) is 15.4. The van der Waals surface area contributed by atoms with Gasteiger partial charge in [-0.05, 0) is 69.9 Å². The third kappa shape index (κ3) is 11.0. The Balaban J connectivity index is 1.71. The molecule has 1 unspecified atom stereocenters. The average molecular weight is 610 g/mol. The molecule has 0 spiro atoms. The summed E-state index contributed by atoms with van der Waals surface area (Å²) >= 11 is 0. The van der Waals surface area contributed by atoms with Gasteiger partial charge in [-0.25, -0.2) is 9.59 Å². The monoisotopic (exact) mass is 609 g/mol. The van der Waals surface area contributed by atoms with Gasteiger partial charge in [-0.3, -0.25) is 9.59 Å². The highest BCUT2D eigenvalue weighted by Crippen LogP contribution is 2.23. The second-order valence-corrected chi connectivity index (χ2v) is 12.7. The maximum atomic E-state index is 13.9. The molecule has 44 heavy (non-hydrogen) atoms. The van der Waals surface area contributed by atoms with E-state index in [0.717, 1.165) is 11.1 Å². The van der Waals surface area contributed by atoms with E-state index in [1.165, 1.54) is 4.90 Å². The zero-order chi connectivity index (χ0) is 32.3. The van der Waals surface area contributed by atoms with Crippen molar-refractivity contribution >= 4 is 23.9 Å². The lowest BCUT2D eigenvalue weighted by molar-refractivity contribution is -0.160. The summed E-state index contributed by atoms with van der Waals surface area (Å²) in [5.74, 6) is -1.65. The van der Waals surface area contributed by atoms with Crippen molar-refractivity contribution in [2.75, 3.05) is 6.54 Å². The van der Waals surface area contributed by atoms with Gasteiger partial charge in [0, 0.05) is 6.54 Å². The lowest BCUT2D eigenvalue weighted by Crippen LogP contribution is -2.57. The summed E-state index contributed by atoms with van der Waals surface area (Å²) in [6.45, 7) is 9.45. The molecule has 10 heteroatoms. The third-order valence-electron chi connectivity index (χ3n) is 7.30. The van der Waals surface area contributed by atoms with E-state index >= 15 is 0 Å². The van der Waals surface area contributed by atoms with Gasteiger partial charge in [0.05, 0.1) is 6.04 Å². The summed E-state index contributed by atoms with van der Waals surface area (Å²) in [6, 6.07) is 16.1. The quantitative estimate of drug-likeness (QED) is 0.291. The number of ether oxygens (including phenoxy) is 2. The molecule has 1 aliphatic rings. The van der Waals surface area contributed by atoms with Crippen molar-refractivity contribution < 1.29 is 33.8 Å². The molecule has 0 aliphatic carbocycles. The van der Waals surface area contributed by atoms with Gasteiger partial charge >= 0.3 is 12.1 Å². The number of hydrogen-bond donors (Lipinski definition) is 3. The SMILES string of the molecule is CC(C)C[C@@H](NC(=O)C(O)[C@@H]1CCCN1C(=O)[C@H](CCc1ccccc1)NC(=O)OCc1ccccc1)C(=O)OC(C)(C)C. The van der Waals surface area contributed by atoms with Crippen LogP contribution in [0.3, 0.4) is 0 Å². The normalized spacial score (nSPS) is 17.0. The molecule has 1 aliphatic heterocycles. The number of carbonyl (C=O) groups is 4. The van der Waals surface area contributed by atoms with Crippen LogP contribution in [0.25, 0.3) is 0 Å². The Labute approximate surface area is 260 Å². The lowest BCUT2D eigenvalue weighted by Gasteiger charge is -2.32. The van der Waals surface area contributed by atoms with E-state index in [-0.39, 0.29) is 12.5 Å². The average Bonchev–Trinajstić information content (AvgIpc) is 3.47. The zero-order valence-corrected chi connectivity index (χ0v) is 26.5. The fourth-order valence-electron chi connectivity index (χ4n) is 5.20. The highest BCUT2D eigenvalue weighted by Gasteiger charge is 2.41. The van der Waals surface area contributed by atoms with Crippen LogP contribution in [0.5, 0.6) is 0 Å². The Hall–Kier alpha value is -3.92. The van der Waals surface area contributed by atoms with E-state index in [1.54, 1.807) is 20.8 Å². The van der Waals surface area contributed by atoms with Gasteiger partial charge in [-0.1, -0.05) is 74.5 Å². The van der Waals surface area contributed by atoms with Crippen molar-refractivity contribution in [1.29, 1.82) is 0 Å². The molecular weight excluding hydrogens is 562 g/mol. The van der Waals surface area contributed by atoms with E-state index in [2.05, 4.69) is 10.6 Å². The standard InChI is InChI=1S/C34H47N3O7/c1-23(2)21-27(32(41)44-34(3,4)5)35-30(39)29(38)28-17-12-20-37(28)31(40)26(19-18-24-13-8-6-9-14-24)36-33(42)43-22-25-15-10-7-11-16-25/h6-11,13-16,23,26-29,38H,12,17-22H2,1-5H3,(H,35,39)(H,36,42)/t26-,27+,28-,29?/m0/s1. The molecule has 2 aromatic rings. The number of esters is 1. The lowest BCUT2D eigenvalue weighted by atomic mass is 10.0. The molecule has 0 saturated carbocycles. The summed E-state index contributed by atoms with van der Waals surface area (Å²) in [5.41, 5.74) is 1.07. The number of nitrogens with zero attached hydrogens (tertiary/aromatic N) is 1. The second kappa shape index (κ2) is 16.2. The molecule has 0 aromatic heterocycles. The van der Waals surface area contributed by atoms with Crippen LogP contribution in [0, 0.1) is 5.92 Å². The van der Waals surface area contributed by atoms with Gasteiger partial charge < -0.3 is 30.1 Å². The van der Waals surface area contributed by atoms with Crippen LogP contribution in [0.4, 0.5) is 4.79 Å². The number of nitrogens with one attached hydrogen (secondary N) is 2. The van der Waals surface area contributed by atoms with Gasteiger partial charge in [-0.15, -0.1) is 0 Å². The Bertz CT molecular complexity index is 1230. The largest absolute Gasteiger partial charge is 0.458 e. The van der Waals surface area contributed by atoms with Crippen LogP contribution < -0.4 is 10.6 Å². The highest BCUT2D eigenvalue weighted by atomic mass is 16.6. The number of carbonyl (C=O) groups excluding carboxylic acids is 4. The highest BCUT2D eigenvalue weighted by molar-refractivity contribution is 5.89. The van der Waals surface area contributed by atoms with Gasteiger partial charge in [0.1, 0.15) is 24.3 Å².